The lowest BCUT2D eigenvalue weighted by Crippen LogP contribution is -2.32. The second-order valence-corrected chi connectivity index (χ2v) is 9.83. The minimum absolute atomic E-state index is 0.264. The molecule has 0 fully saturated rings. The molecule has 1 aliphatic rings. The third kappa shape index (κ3) is 2.89. The molecule has 0 amide bonds. The van der Waals surface area contributed by atoms with Crippen LogP contribution in [-0.4, -0.2) is 0 Å². The number of benzene rings is 2. The first-order chi connectivity index (χ1) is 13.1. The number of aryl methyl sites for hydroxylation is 3. The lowest BCUT2D eigenvalue weighted by atomic mass is 9.84. The van der Waals surface area contributed by atoms with E-state index in [1.54, 1.807) is 0 Å². The first-order valence-corrected chi connectivity index (χ1v) is 10.3. The summed E-state index contributed by atoms with van der Waals surface area (Å²) in [6, 6.07) is 11.6. The summed E-state index contributed by atoms with van der Waals surface area (Å²) in [5.74, 6) is 0. The summed E-state index contributed by atoms with van der Waals surface area (Å²) >= 11 is 0. The summed E-state index contributed by atoms with van der Waals surface area (Å²) < 4.78 is 2.32. The molecule has 0 unspecified atom stereocenters. The summed E-state index contributed by atoms with van der Waals surface area (Å²) in [5.41, 5.74) is 12.9. The van der Waals surface area contributed by atoms with Crippen molar-refractivity contribution in [3.05, 3.63) is 75.6 Å². The van der Waals surface area contributed by atoms with Gasteiger partial charge in [0.1, 0.15) is 7.05 Å². The van der Waals surface area contributed by atoms with Gasteiger partial charge in [0.2, 0.25) is 5.69 Å². The number of nitrogens with zero attached hydrogens (tertiary/aromatic N) is 1. The van der Waals surface area contributed by atoms with E-state index in [-0.39, 0.29) is 5.41 Å². The van der Waals surface area contributed by atoms with Crippen molar-refractivity contribution in [3.8, 4) is 0 Å². The van der Waals surface area contributed by atoms with Gasteiger partial charge < -0.3 is 0 Å². The number of aromatic nitrogens is 1. The van der Waals surface area contributed by atoms with Crippen molar-refractivity contribution in [3.63, 3.8) is 0 Å². The smallest absolute Gasteiger partial charge is 0.200 e. The summed E-state index contributed by atoms with van der Waals surface area (Å²) in [6.07, 6.45) is 3.30. The Hall–Kier alpha value is -2.41. The molecular formula is C27H32N+. The van der Waals surface area contributed by atoms with E-state index in [1.165, 1.54) is 61.0 Å². The first kappa shape index (κ1) is 18.9. The van der Waals surface area contributed by atoms with Crippen molar-refractivity contribution < 1.29 is 4.57 Å². The molecule has 0 atom stereocenters. The molecule has 144 valence electrons. The van der Waals surface area contributed by atoms with Gasteiger partial charge in [-0.05, 0) is 78.3 Å². The highest BCUT2D eigenvalue weighted by molar-refractivity contribution is 6.16. The van der Waals surface area contributed by atoms with Crippen LogP contribution < -0.4 is 4.57 Å². The maximum Gasteiger partial charge on any atom is 0.221 e. The molecule has 1 nitrogen and oxygen atoms in total. The molecule has 1 heterocycles. The Morgan fingerprint density at radius 3 is 2.32 bits per heavy atom. The molecular weight excluding hydrogens is 338 g/mol. The molecule has 0 saturated carbocycles. The van der Waals surface area contributed by atoms with E-state index in [2.05, 4.69) is 96.6 Å². The number of hydrogen-bond acceptors (Lipinski definition) is 0. The Bertz CT molecular complexity index is 1150. The maximum absolute atomic E-state index is 2.37. The van der Waals surface area contributed by atoms with Crippen LogP contribution in [0.2, 0.25) is 0 Å². The van der Waals surface area contributed by atoms with Crippen LogP contribution in [0.15, 0.2) is 36.5 Å². The van der Waals surface area contributed by atoms with E-state index in [4.69, 9.17) is 0 Å². The topological polar surface area (TPSA) is 3.88 Å². The van der Waals surface area contributed by atoms with Crippen LogP contribution in [0.25, 0.3) is 21.9 Å². The van der Waals surface area contributed by atoms with Crippen LogP contribution in [0, 0.1) is 26.2 Å². The largest absolute Gasteiger partial charge is 0.221 e. The summed E-state index contributed by atoms with van der Waals surface area (Å²) in [6.45, 7) is 16.0. The molecule has 1 aliphatic carbocycles. The van der Waals surface area contributed by atoms with E-state index >= 15 is 0 Å². The average Bonchev–Trinajstić information content (AvgIpc) is 2.90. The fourth-order valence-electron chi connectivity index (χ4n) is 4.88. The monoisotopic (exact) mass is 370 g/mol. The average molecular weight is 371 g/mol. The van der Waals surface area contributed by atoms with Gasteiger partial charge >= 0.3 is 0 Å². The zero-order valence-electron chi connectivity index (χ0n) is 18.6. The van der Waals surface area contributed by atoms with Gasteiger partial charge in [0.25, 0.3) is 0 Å². The molecule has 0 aliphatic heterocycles. The normalized spacial score (nSPS) is 13.7. The van der Waals surface area contributed by atoms with Gasteiger partial charge in [0.15, 0.2) is 6.20 Å². The van der Waals surface area contributed by atoms with E-state index in [9.17, 15) is 0 Å². The van der Waals surface area contributed by atoms with Crippen molar-refractivity contribution in [2.75, 3.05) is 0 Å². The standard InChI is InChI=1S/C27H32N/c1-16-13-17(2)18(3)22(14-16)24-19(4)23-21(15-27(5,6)7)10-9-20-11-12-28(8)26(24)25(20)23/h9-14H,15H2,1-8H3/q+1. The zero-order chi connectivity index (χ0) is 20.4. The predicted octanol–water partition coefficient (Wildman–Crippen LogP) is 6.47. The van der Waals surface area contributed by atoms with Crippen LogP contribution in [0.5, 0.6) is 0 Å². The third-order valence-corrected chi connectivity index (χ3v) is 6.18. The molecule has 0 N–H and O–H groups in total. The van der Waals surface area contributed by atoms with E-state index < -0.39 is 0 Å². The van der Waals surface area contributed by atoms with Gasteiger partial charge in [-0.3, -0.25) is 0 Å². The molecule has 1 heteroatoms. The van der Waals surface area contributed by atoms with Crippen LogP contribution in [-0.2, 0) is 13.5 Å². The second-order valence-electron chi connectivity index (χ2n) is 9.83. The van der Waals surface area contributed by atoms with Gasteiger partial charge in [-0.1, -0.05) is 50.6 Å². The quantitative estimate of drug-likeness (QED) is 0.455. The number of allylic oxidation sites excluding steroid dienone is 1. The van der Waals surface area contributed by atoms with Crippen molar-refractivity contribution in [1.29, 1.82) is 0 Å². The minimum Gasteiger partial charge on any atom is -0.200 e. The van der Waals surface area contributed by atoms with Gasteiger partial charge in [-0.2, -0.15) is 0 Å². The fraction of sp³-hybridized carbons (Fsp3) is 0.370. The van der Waals surface area contributed by atoms with E-state index in [0.29, 0.717) is 0 Å². The molecule has 2 aromatic carbocycles. The SMILES string of the molecule is CC1=C(c2cc(C)cc(C)c2C)c2c3c1c(CC(C)(C)C)ccc3cc[n+]2C. The van der Waals surface area contributed by atoms with E-state index in [0.717, 1.165) is 6.42 Å². The second kappa shape index (κ2) is 6.30. The van der Waals surface area contributed by atoms with Crippen molar-refractivity contribution in [2.24, 2.45) is 12.5 Å². The van der Waals surface area contributed by atoms with Gasteiger partial charge in [-0.25, -0.2) is 4.57 Å². The van der Waals surface area contributed by atoms with Crippen LogP contribution in [0.4, 0.5) is 0 Å². The predicted molar refractivity (Wildman–Crippen MR) is 121 cm³/mol. The van der Waals surface area contributed by atoms with Gasteiger partial charge in [0, 0.05) is 6.07 Å². The molecule has 4 rings (SSSR count). The third-order valence-electron chi connectivity index (χ3n) is 6.18. The first-order valence-electron chi connectivity index (χ1n) is 10.3. The highest BCUT2D eigenvalue weighted by Gasteiger charge is 2.33. The Morgan fingerprint density at radius 2 is 1.64 bits per heavy atom. The van der Waals surface area contributed by atoms with Crippen molar-refractivity contribution >= 4 is 21.9 Å². The molecule has 28 heavy (non-hydrogen) atoms. The minimum atomic E-state index is 0.264. The summed E-state index contributed by atoms with van der Waals surface area (Å²) in [7, 11) is 2.19. The molecule has 0 saturated heterocycles. The molecule has 0 spiro atoms. The van der Waals surface area contributed by atoms with Crippen LogP contribution >= 0.6 is 0 Å². The van der Waals surface area contributed by atoms with Crippen molar-refractivity contribution in [2.45, 2.75) is 54.9 Å². The summed E-state index contributed by atoms with van der Waals surface area (Å²) in [4.78, 5) is 0. The Kier molecular flexibility index (Phi) is 4.26. The van der Waals surface area contributed by atoms with Crippen LogP contribution in [0.1, 0.15) is 66.8 Å². The Balaban J connectivity index is 2.11. The summed E-state index contributed by atoms with van der Waals surface area (Å²) in [5, 5.41) is 2.77. The lowest BCUT2D eigenvalue weighted by molar-refractivity contribution is -0.672. The van der Waals surface area contributed by atoms with Gasteiger partial charge in [0.05, 0.1) is 11.0 Å². The van der Waals surface area contributed by atoms with Gasteiger partial charge in [-0.15, -0.1) is 0 Å². The number of hydrogen-bond donors (Lipinski definition) is 0. The Labute approximate surface area is 169 Å². The lowest BCUT2D eigenvalue weighted by Gasteiger charge is -2.20. The molecule has 1 aromatic heterocycles. The van der Waals surface area contributed by atoms with Crippen LogP contribution in [0.3, 0.4) is 0 Å². The molecule has 0 radical (unpaired) electrons. The van der Waals surface area contributed by atoms with E-state index in [1.807, 2.05) is 0 Å². The number of pyridine rings is 1. The Morgan fingerprint density at radius 1 is 0.929 bits per heavy atom. The fourth-order valence-corrected chi connectivity index (χ4v) is 4.88. The highest BCUT2D eigenvalue weighted by atomic mass is 14.9. The zero-order valence-corrected chi connectivity index (χ0v) is 18.6. The molecule has 0 bridgehead atoms. The van der Waals surface area contributed by atoms with Crippen molar-refractivity contribution in [1.82, 2.24) is 0 Å². The molecule has 3 aromatic rings. The maximum atomic E-state index is 2.37. The highest BCUT2D eigenvalue weighted by Crippen LogP contribution is 2.46. The number of rotatable bonds is 2.